The van der Waals surface area contributed by atoms with Crippen LogP contribution in [0.5, 0.6) is 0 Å². The summed E-state index contributed by atoms with van der Waals surface area (Å²) in [4.78, 5) is 11.8. The third kappa shape index (κ3) is 4.74. The minimum absolute atomic E-state index is 0.331. The van der Waals surface area contributed by atoms with Crippen molar-refractivity contribution < 1.29 is 4.79 Å². The van der Waals surface area contributed by atoms with Crippen molar-refractivity contribution in [2.24, 2.45) is 5.10 Å². The Hall–Kier alpha value is -2.10. The number of hydrogen-bond acceptors (Lipinski definition) is 2. The van der Waals surface area contributed by atoms with Gasteiger partial charge in [-0.2, -0.15) is 5.10 Å². The summed E-state index contributed by atoms with van der Waals surface area (Å²) in [6.07, 6.45) is 5.13. The molecule has 0 radical (unpaired) electrons. The number of amides is 1. The molecule has 0 saturated heterocycles. The predicted molar refractivity (Wildman–Crippen MR) is 87.9 cm³/mol. The van der Waals surface area contributed by atoms with Crippen LogP contribution in [-0.2, 0) is 0 Å². The molecule has 106 valence electrons. The van der Waals surface area contributed by atoms with E-state index in [9.17, 15) is 4.79 Å². The maximum atomic E-state index is 11.8. The molecule has 0 saturated carbocycles. The van der Waals surface area contributed by atoms with Crippen LogP contribution in [-0.4, -0.2) is 12.1 Å². The molecule has 0 unspecified atom stereocenters. The van der Waals surface area contributed by atoms with Gasteiger partial charge in [-0.1, -0.05) is 59.6 Å². The van der Waals surface area contributed by atoms with E-state index < -0.39 is 0 Å². The highest BCUT2D eigenvalue weighted by molar-refractivity contribution is 6.42. The fourth-order valence-corrected chi connectivity index (χ4v) is 1.86. The highest BCUT2D eigenvalue weighted by Crippen LogP contribution is 2.22. The van der Waals surface area contributed by atoms with Gasteiger partial charge in [0.05, 0.1) is 10.0 Å². The smallest absolute Gasteiger partial charge is 0.267 e. The second-order valence-electron chi connectivity index (χ2n) is 4.12. The van der Waals surface area contributed by atoms with Gasteiger partial charge in [0.2, 0.25) is 0 Å². The van der Waals surface area contributed by atoms with Gasteiger partial charge < -0.3 is 0 Å². The Balaban J connectivity index is 1.90. The SMILES string of the molecule is O=C(NN=CC=Cc1ccccc1)c1ccc(Cl)c(Cl)c1. The molecule has 1 amide bonds. The zero-order valence-electron chi connectivity index (χ0n) is 11.0. The van der Waals surface area contributed by atoms with Crippen LogP contribution in [0.25, 0.3) is 6.08 Å². The number of carbonyl (C=O) groups excluding carboxylic acids is 1. The monoisotopic (exact) mass is 318 g/mol. The molecule has 5 heteroatoms. The van der Waals surface area contributed by atoms with Gasteiger partial charge in [0.1, 0.15) is 0 Å². The highest BCUT2D eigenvalue weighted by atomic mass is 35.5. The molecule has 0 aliphatic heterocycles. The van der Waals surface area contributed by atoms with Crippen molar-refractivity contribution in [1.29, 1.82) is 0 Å². The number of nitrogens with one attached hydrogen (secondary N) is 1. The molecule has 3 nitrogen and oxygen atoms in total. The number of allylic oxidation sites excluding steroid dienone is 1. The van der Waals surface area contributed by atoms with E-state index in [0.717, 1.165) is 5.56 Å². The summed E-state index contributed by atoms with van der Waals surface area (Å²) in [6.45, 7) is 0. The van der Waals surface area contributed by atoms with E-state index in [1.807, 2.05) is 36.4 Å². The van der Waals surface area contributed by atoms with Crippen molar-refractivity contribution in [3.05, 3.63) is 75.8 Å². The summed E-state index contributed by atoms with van der Waals surface area (Å²) in [6, 6.07) is 14.4. The topological polar surface area (TPSA) is 41.5 Å². The van der Waals surface area contributed by atoms with Gasteiger partial charge in [0.15, 0.2) is 0 Å². The van der Waals surface area contributed by atoms with Crippen molar-refractivity contribution in [1.82, 2.24) is 5.43 Å². The summed E-state index contributed by atoms with van der Waals surface area (Å²) < 4.78 is 0. The van der Waals surface area contributed by atoms with Crippen molar-refractivity contribution >= 4 is 41.4 Å². The highest BCUT2D eigenvalue weighted by Gasteiger charge is 2.06. The fourth-order valence-electron chi connectivity index (χ4n) is 1.56. The summed E-state index contributed by atoms with van der Waals surface area (Å²) in [5.41, 5.74) is 3.86. The standard InChI is InChI=1S/C16H12Cl2N2O/c17-14-9-8-13(11-15(14)18)16(21)20-19-10-4-7-12-5-2-1-3-6-12/h1-11H,(H,20,21). The molecule has 0 aromatic heterocycles. The number of carbonyl (C=O) groups is 1. The van der Waals surface area contributed by atoms with E-state index >= 15 is 0 Å². The Bertz CT molecular complexity index is 682. The first-order chi connectivity index (χ1) is 10.2. The summed E-state index contributed by atoms with van der Waals surface area (Å²) in [5, 5.41) is 4.56. The molecule has 0 heterocycles. The lowest BCUT2D eigenvalue weighted by atomic mass is 10.2. The lowest BCUT2D eigenvalue weighted by Crippen LogP contribution is -2.17. The summed E-state index contributed by atoms with van der Waals surface area (Å²) in [5.74, 6) is -0.349. The molecule has 0 spiro atoms. The maximum Gasteiger partial charge on any atom is 0.271 e. The molecule has 21 heavy (non-hydrogen) atoms. The molecule has 0 bridgehead atoms. The van der Waals surface area contributed by atoms with Crippen LogP contribution < -0.4 is 5.43 Å². The zero-order valence-corrected chi connectivity index (χ0v) is 12.5. The quantitative estimate of drug-likeness (QED) is 0.658. The number of hydrazone groups is 1. The first kappa shape index (κ1) is 15.3. The minimum Gasteiger partial charge on any atom is -0.267 e. The third-order valence-electron chi connectivity index (χ3n) is 2.60. The van der Waals surface area contributed by atoms with E-state index in [2.05, 4.69) is 10.5 Å². The van der Waals surface area contributed by atoms with Crippen LogP contribution in [0.3, 0.4) is 0 Å². The lowest BCUT2D eigenvalue weighted by molar-refractivity contribution is 0.0955. The Morgan fingerprint density at radius 3 is 2.52 bits per heavy atom. The van der Waals surface area contributed by atoms with Crippen LogP contribution in [0.15, 0.2) is 59.7 Å². The predicted octanol–water partition coefficient (Wildman–Crippen LogP) is 4.42. The number of rotatable bonds is 4. The van der Waals surface area contributed by atoms with Crippen molar-refractivity contribution in [2.75, 3.05) is 0 Å². The van der Waals surface area contributed by atoms with Gasteiger partial charge in [-0.3, -0.25) is 4.79 Å². The molecular weight excluding hydrogens is 307 g/mol. The average Bonchev–Trinajstić information content (AvgIpc) is 2.50. The van der Waals surface area contributed by atoms with Gasteiger partial charge in [-0.15, -0.1) is 0 Å². The third-order valence-corrected chi connectivity index (χ3v) is 3.34. The Labute approximate surface area is 132 Å². The van der Waals surface area contributed by atoms with Crippen molar-refractivity contribution in [3.8, 4) is 0 Å². The van der Waals surface area contributed by atoms with Crippen molar-refractivity contribution in [2.45, 2.75) is 0 Å². The average molecular weight is 319 g/mol. The van der Waals surface area contributed by atoms with Gasteiger partial charge in [-0.25, -0.2) is 5.43 Å². The first-order valence-corrected chi connectivity index (χ1v) is 6.92. The van der Waals surface area contributed by atoms with Gasteiger partial charge in [0.25, 0.3) is 5.91 Å². The number of benzene rings is 2. The second-order valence-corrected chi connectivity index (χ2v) is 4.93. The van der Waals surface area contributed by atoms with E-state index in [1.54, 1.807) is 18.2 Å². The van der Waals surface area contributed by atoms with Crippen LogP contribution >= 0.6 is 23.2 Å². The molecule has 2 aromatic carbocycles. The summed E-state index contributed by atoms with van der Waals surface area (Å²) >= 11 is 11.6. The molecule has 0 aliphatic carbocycles. The number of nitrogens with zero attached hydrogens (tertiary/aromatic N) is 1. The molecule has 1 N–H and O–H groups in total. The summed E-state index contributed by atoms with van der Waals surface area (Å²) in [7, 11) is 0. The lowest BCUT2D eigenvalue weighted by Gasteiger charge is -2.01. The molecular formula is C16H12Cl2N2O. The van der Waals surface area contributed by atoms with E-state index in [4.69, 9.17) is 23.2 Å². The van der Waals surface area contributed by atoms with E-state index in [-0.39, 0.29) is 5.91 Å². The fraction of sp³-hybridized carbons (Fsp3) is 0. The zero-order chi connectivity index (χ0) is 15.1. The first-order valence-electron chi connectivity index (χ1n) is 6.17. The molecule has 0 fully saturated rings. The second kappa shape index (κ2) is 7.62. The van der Waals surface area contributed by atoms with Crippen LogP contribution in [0.2, 0.25) is 10.0 Å². The Kier molecular flexibility index (Phi) is 5.55. The normalized spacial score (nSPS) is 11.1. The van der Waals surface area contributed by atoms with E-state index in [1.165, 1.54) is 12.3 Å². The van der Waals surface area contributed by atoms with Gasteiger partial charge >= 0.3 is 0 Å². The molecule has 2 aromatic rings. The van der Waals surface area contributed by atoms with Crippen LogP contribution in [0.1, 0.15) is 15.9 Å². The van der Waals surface area contributed by atoms with E-state index in [0.29, 0.717) is 15.6 Å². The number of halogens is 2. The van der Waals surface area contributed by atoms with Crippen LogP contribution in [0.4, 0.5) is 0 Å². The van der Waals surface area contributed by atoms with Crippen LogP contribution in [0, 0.1) is 0 Å². The Morgan fingerprint density at radius 2 is 1.81 bits per heavy atom. The van der Waals surface area contributed by atoms with Crippen molar-refractivity contribution in [3.63, 3.8) is 0 Å². The molecule has 0 aliphatic rings. The van der Waals surface area contributed by atoms with Gasteiger partial charge in [0, 0.05) is 11.8 Å². The number of hydrogen-bond donors (Lipinski definition) is 1. The Morgan fingerprint density at radius 1 is 1.05 bits per heavy atom. The molecule has 0 atom stereocenters. The minimum atomic E-state index is -0.349. The maximum absolute atomic E-state index is 11.8. The van der Waals surface area contributed by atoms with Gasteiger partial charge in [-0.05, 0) is 29.8 Å². The molecule has 2 rings (SSSR count). The largest absolute Gasteiger partial charge is 0.271 e.